The van der Waals surface area contributed by atoms with Crippen molar-refractivity contribution in [3.63, 3.8) is 0 Å². The SMILES string of the molecule is [B-][P+](C)(C)[C-]([Si](C)(C)C)[Si](C)(C)C.[Cs+]. The van der Waals surface area contributed by atoms with Crippen molar-refractivity contribution in [2.24, 2.45) is 0 Å². The maximum Gasteiger partial charge on any atom is 1.00 e. The van der Waals surface area contributed by atoms with E-state index >= 15 is 0 Å². The van der Waals surface area contributed by atoms with Crippen molar-refractivity contribution in [2.75, 3.05) is 13.3 Å². The summed E-state index contributed by atoms with van der Waals surface area (Å²) in [6, 6.07) is 0. The van der Waals surface area contributed by atoms with Crippen molar-refractivity contribution in [3.05, 3.63) is 4.91 Å². The van der Waals surface area contributed by atoms with Crippen LogP contribution in [0.5, 0.6) is 0 Å². The van der Waals surface area contributed by atoms with E-state index in [0.29, 0.717) is 0 Å². The van der Waals surface area contributed by atoms with Crippen LogP contribution < -0.4 is 68.9 Å². The van der Waals surface area contributed by atoms with Crippen molar-refractivity contribution in [1.82, 2.24) is 0 Å². The first kappa shape index (κ1) is 19.3. The minimum absolute atomic E-state index is 0. The molecule has 0 bridgehead atoms. The first-order valence-electron chi connectivity index (χ1n) is 4.88. The molecule has 0 nitrogen and oxygen atoms in total. The molecule has 0 spiro atoms. The molecule has 77 valence electrons. The van der Waals surface area contributed by atoms with Gasteiger partial charge in [-0.2, -0.15) is 0 Å². The number of hydrogen-bond donors (Lipinski definition) is 0. The number of rotatable bonds is 3. The van der Waals surface area contributed by atoms with E-state index in [4.69, 9.17) is 7.57 Å². The molecule has 5 heteroatoms. The van der Waals surface area contributed by atoms with Crippen LogP contribution in [0.25, 0.3) is 0 Å². The van der Waals surface area contributed by atoms with E-state index in [1.807, 2.05) is 4.91 Å². The van der Waals surface area contributed by atoms with E-state index in [0.717, 1.165) is 0 Å². The van der Waals surface area contributed by atoms with Crippen LogP contribution in [0.4, 0.5) is 0 Å². The Morgan fingerprint density at radius 3 is 1.07 bits per heavy atom. The Morgan fingerprint density at radius 2 is 1.07 bits per heavy atom. The summed E-state index contributed by atoms with van der Waals surface area (Å²) in [4.78, 5) is 1.81. The second-order valence-electron chi connectivity index (χ2n) is 6.39. The van der Waals surface area contributed by atoms with Crippen LogP contribution in [0.15, 0.2) is 0 Å². The molecular weight excluding hydrogens is 339 g/mol. The van der Waals surface area contributed by atoms with Crippen LogP contribution in [0.1, 0.15) is 0 Å². The summed E-state index contributed by atoms with van der Waals surface area (Å²) in [7, 11) is 2.86. The fourth-order valence-corrected chi connectivity index (χ4v) is 25.7. The molecule has 0 aliphatic rings. The molecule has 0 saturated heterocycles. The molecule has 0 N–H and O–H groups in total. The molecule has 0 aromatic carbocycles. The van der Waals surface area contributed by atoms with Crippen LogP contribution in [0.3, 0.4) is 0 Å². The molecular formula is C9H24BCsPSi2. The smallest absolute Gasteiger partial charge is 0.388 e. The zero-order chi connectivity index (χ0) is 11.1. The summed E-state index contributed by atoms with van der Waals surface area (Å²) in [5, 5.41) is 0. The maximum absolute atomic E-state index is 6.40. The third-order valence-corrected chi connectivity index (χ3v) is 18.0. The van der Waals surface area contributed by atoms with E-state index < -0.39 is 23.3 Å². The summed E-state index contributed by atoms with van der Waals surface area (Å²) in [6.45, 7) is 19.2. The third-order valence-electron chi connectivity index (χ3n) is 2.00. The molecule has 0 amide bonds. The van der Waals surface area contributed by atoms with Crippen LogP contribution in [-0.4, -0.2) is 37.0 Å². The second-order valence-corrected chi connectivity index (χ2v) is 21.3. The molecule has 0 fully saturated rings. The van der Waals surface area contributed by atoms with Gasteiger partial charge in [-0.05, 0) is 13.3 Å². The fraction of sp³-hybridized carbons (Fsp3) is 0.889. The summed E-state index contributed by atoms with van der Waals surface area (Å²) in [5.74, 6) is 0. The molecule has 0 aromatic rings. The van der Waals surface area contributed by atoms with Crippen LogP contribution in [0.2, 0.25) is 39.3 Å². The monoisotopic (exact) mass is 363 g/mol. The van der Waals surface area contributed by atoms with Gasteiger partial charge in [0, 0.05) is 0 Å². The first-order valence-corrected chi connectivity index (χ1v) is 14.6. The molecule has 0 saturated carbocycles. The standard InChI is InChI=1S/C9H24BPSi2.Cs/c1-11(2,10)9(12(3,4)5)13(6,7)8;/h1-8H3;/q-1;+1. The molecule has 0 unspecified atom stereocenters. The van der Waals surface area contributed by atoms with Crippen molar-refractivity contribution in [1.29, 1.82) is 0 Å². The normalized spacial score (nSPS) is 14.1. The Hall–Kier alpha value is 2.98. The molecule has 0 aliphatic heterocycles. The fourth-order valence-electron chi connectivity index (χ4n) is 2.85. The minimum atomic E-state index is -1.23. The number of hydrogen-bond acceptors (Lipinski definition) is 0. The topological polar surface area (TPSA) is 0 Å². The van der Waals surface area contributed by atoms with Gasteiger partial charge in [-0.25, -0.2) is 4.91 Å². The van der Waals surface area contributed by atoms with E-state index in [1.165, 1.54) is 0 Å². The zero-order valence-electron chi connectivity index (χ0n) is 11.5. The Bertz CT molecular complexity index is 145. The van der Waals surface area contributed by atoms with E-state index in [1.54, 1.807) is 0 Å². The second kappa shape index (κ2) is 6.24. The van der Waals surface area contributed by atoms with Gasteiger partial charge >= 0.3 is 68.9 Å². The summed E-state index contributed by atoms with van der Waals surface area (Å²) in [6.07, 6.45) is 0. The van der Waals surface area contributed by atoms with Crippen molar-refractivity contribution < 1.29 is 68.9 Å². The van der Waals surface area contributed by atoms with Gasteiger partial charge in [0.05, 0.1) is 0 Å². The summed E-state index contributed by atoms with van der Waals surface area (Å²) >= 11 is 0. The molecule has 0 aliphatic carbocycles. The molecule has 14 heavy (non-hydrogen) atoms. The van der Waals surface area contributed by atoms with E-state index in [9.17, 15) is 0 Å². The predicted octanol–water partition coefficient (Wildman–Crippen LogP) is 0.638. The first-order chi connectivity index (χ1) is 5.37. The largest absolute Gasteiger partial charge is 1.00 e. The van der Waals surface area contributed by atoms with Gasteiger partial charge in [-0.1, -0.05) is 55.4 Å². The maximum atomic E-state index is 6.40. The Balaban J connectivity index is 0. The minimum Gasteiger partial charge on any atom is -0.388 e. The summed E-state index contributed by atoms with van der Waals surface area (Å²) in [5.41, 5.74) is 0. The van der Waals surface area contributed by atoms with Gasteiger partial charge < -0.3 is 14.7 Å². The molecule has 3 radical (unpaired) electrons. The van der Waals surface area contributed by atoms with Gasteiger partial charge in [0.15, 0.2) is 0 Å². The third kappa shape index (κ3) is 6.65. The predicted molar refractivity (Wildman–Crippen MR) is 74.5 cm³/mol. The Labute approximate surface area is 154 Å². The van der Waals surface area contributed by atoms with Gasteiger partial charge in [0.25, 0.3) is 0 Å². The average Bonchev–Trinajstić information content (AvgIpc) is 1.44. The Kier molecular flexibility index (Phi) is 8.61. The quantitative estimate of drug-likeness (QED) is 0.392. The molecule has 0 aromatic heterocycles. The van der Waals surface area contributed by atoms with Crippen molar-refractivity contribution in [2.45, 2.75) is 39.3 Å². The Morgan fingerprint density at radius 1 is 0.857 bits per heavy atom. The van der Waals surface area contributed by atoms with Gasteiger partial charge in [0.2, 0.25) is 0 Å². The van der Waals surface area contributed by atoms with Crippen LogP contribution in [0, 0.1) is 4.91 Å². The zero-order valence-corrected chi connectivity index (χ0v) is 20.7. The van der Waals surface area contributed by atoms with Gasteiger partial charge in [-0.15, -0.1) is 0 Å². The van der Waals surface area contributed by atoms with Crippen molar-refractivity contribution >= 4 is 30.9 Å². The van der Waals surface area contributed by atoms with E-state index in [2.05, 4.69) is 52.6 Å². The van der Waals surface area contributed by atoms with Gasteiger partial charge in [0.1, 0.15) is 0 Å². The van der Waals surface area contributed by atoms with Crippen LogP contribution >= 0.6 is 7.14 Å². The van der Waals surface area contributed by atoms with Crippen molar-refractivity contribution in [3.8, 4) is 0 Å². The van der Waals surface area contributed by atoms with Gasteiger partial charge in [-0.3, -0.25) is 0 Å². The average molecular weight is 363 g/mol. The van der Waals surface area contributed by atoms with E-state index in [-0.39, 0.29) is 68.9 Å². The molecule has 0 heterocycles. The van der Waals surface area contributed by atoms with Crippen LogP contribution in [-0.2, 0) is 0 Å². The molecule has 0 atom stereocenters. The molecule has 0 rings (SSSR count). The summed E-state index contributed by atoms with van der Waals surface area (Å²) < 4.78 is 0.